The lowest BCUT2D eigenvalue weighted by atomic mass is 10.3. The van der Waals surface area contributed by atoms with E-state index in [9.17, 15) is 4.79 Å². The van der Waals surface area contributed by atoms with E-state index in [0.29, 0.717) is 0 Å². The molecule has 1 rings (SSSR count). The van der Waals surface area contributed by atoms with E-state index in [1.54, 1.807) is 0 Å². The summed E-state index contributed by atoms with van der Waals surface area (Å²) in [6.07, 6.45) is 0. The molecule has 0 saturated heterocycles. The van der Waals surface area contributed by atoms with Gasteiger partial charge >= 0.3 is 5.97 Å². The van der Waals surface area contributed by atoms with E-state index in [1.165, 1.54) is 0 Å². The van der Waals surface area contributed by atoms with Crippen LogP contribution < -0.4 is 4.74 Å². The number of para-hydroxylation sites is 1. The summed E-state index contributed by atoms with van der Waals surface area (Å²) in [7, 11) is 0. The van der Waals surface area contributed by atoms with Crippen LogP contribution in [0, 0.1) is 0 Å². The minimum Gasteiger partial charge on any atom is -0.482 e. The fourth-order valence-electron chi connectivity index (χ4n) is 0.455. The van der Waals surface area contributed by atoms with Crippen LogP contribution >= 0.6 is 0 Å². The van der Waals surface area contributed by atoms with E-state index in [1.807, 2.05) is 0 Å². The average Bonchev–Trinajstić information content (AvgIpc) is 2.28. The van der Waals surface area contributed by atoms with Gasteiger partial charge in [0.05, 0.1) is 6.85 Å². The Morgan fingerprint density at radius 2 is 2.82 bits per heavy atom. The largest absolute Gasteiger partial charge is 0.482 e. The number of hydrogen-bond donors (Lipinski definition) is 1. The smallest absolute Gasteiger partial charge is 0.341 e. The van der Waals surface area contributed by atoms with Crippen molar-refractivity contribution in [3.05, 3.63) is 30.3 Å². The molecule has 3 heteroatoms. The first-order chi connectivity index (χ1) is 7.79. The lowest BCUT2D eigenvalue weighted by Gasteiger charge is -2.00. The maximum absolute atomic E-state index is 10.8. The van der Waals surface area contributed by atoms with Gasteiger partial charge in [-0.05, 0) is 12.1 Å². The molecule has 0 spiro atoms. The molecule has 58 valence electrons. The van der Waals surface area contributed by atoms with Crippen molar-refractivity contribution in [2.75, 3.05) is 6.56 Å². The van der Waals surface area contributed by atoms with Gasteiger partial charge in [-0.15, -0.1) is 0 Å². The Kier molecular flexibility index (Phi) is 0.935. The van der Waals surface area contributed by atoms with Crippen LogP contribution in [-0.4, -0.2) is 17.6 Å². The predicted octanol–water partition coefficient (Wildman–Crippen LogP) is 1.15. The maximum Gasteiger partial charge on any atom is 0.341 e. The van der Waals surface area contributed by atoms with Gasteiger partial charge in [-0.1, -0.05) is 18.2 Å². The first kappa shape index (κ1) is 2.85. The third-order valence-corrected chi connectivity index (χ3v) is 0.820. The second-order valence-electron chi connectivity index (χ2n) is 1.58. The summed E-state index contributed by atoms with van der Waals surface area (Å²) in [5, 5.41) is 3.45. The van der Waals surface area contributed by atoms with Crippen molar-refractivity contribution in [1.29, 1.82) is 1.43 Å². The van der Waals surface area contributed by atoms with E-state index < -0.39 is 24.6 Å². The van der Waals surface area contributed by atoms with Gasteiger partial charge in [-0.2, -0.15) is 0 Å². The molecular formula is C8H8O3. The zero-order valence-corrected chi connectivity index (χ0v) is 5.38. The fourth-order valence-corrected chi connectivity index (χ4v) is 0.455. The van der Waals surface area contributed by atoms with Crippen LogP contribution in [0.1, 0.15) is 6.85 Å². The summed E-state index contributed by atoms with van der Waals surface area (Å²) in [4.78, 5) is 10.8. The molecule has 0 aromatic heterocycles. The van der Waals surface area contributed by atoms with Crippen LogP contribution in [0.3, 0.4) is 0 Å². The van der Waals surface area contributed by atoms with Gasteiger partial charge in [0, 0.05) is 0 Å². The molecule has 0 radical (unpaired) electrons. The molecule has 0 aliphatic rings. The molecule has 0 unspecified atom stereocenters. The highest BCUT2D eigenvalue weighted by Crippen LogP contribution is 2.07. The second kappa shape index (κ2) is 3.61. The maximum atomic E-state index is 10.8. The first-order valence-electron chi connectivity index (χ1n) is 5.64. The molecule has 3 nitrogen and oxygen atoms in total. The minimum atomic E-state index is -2.92. The number of benzene rings is 1. The van der Waals surface area contributed by atoms with Gasteiger partial charge < -0.3 is 9.85 Å². The van der Waals surface area contributed by atoms with Gasteiger partial charge in [-0.25, -0.2) is 4.79 Å². The van der Waals surface area contributed by atoms with Crippen molar-refractivity contribution in [2.24, 2.45) is 0 Å². The first-order valence-corrected chi connectivity index (χ1v) is 2.73. The normalized spacial score (nSPS) is 17.8. The van der Waals surface area contributed by atoms with E-state index in [4.69, 9.17) is 8.28 Å². The average molecular weight is 158 g/mol. The summed E-state index contributed by atoms with van der Waals surface area (Å²) in [5.41, 5.74) is 0. The van der Waals surface area contributed by atoms with Crippen molar-refractivity contribution < 1.29 is 21.5 Å². The minimum absolute atomic E-state index is 0.217. The molecule has 1 aromatic carbocycles. The van der Waals surface area contributed by atoms with Crippen molar-refractivity contribution in [1.82, 2.24) is 0 Å². The number of rotatable bonds is 3. The molecule has 1 N–H and O–H groups in total. The molecule has 0 atom stereocenters. The molecule has 0 aliphatic heterocycles. The standard InChI is InChI=1S/C8H8O3/c9-8(10)6-11-7-4-2-1-3-5-7/h1-5H,6H2,(H,9,10)/i1D,2D,4D,6D2/hD. The Hall–Kier alpha value is -1.51. The number of ether oxygens (including phenoxy) is 1. The summed E-state index contributed by atoms with van der Waals surface area (Å²) < 4.78 is 47.1. The van der Waals surface area contributed by atoms with Crippen LogP contribution in [0.4, 0.5) is 0 Å². The van der Waals surface area contributed by atoms with Crippen molar-refractivity contribution in [3.8, 4) is 5.75 Å². The van der Waals surface area contributed by atoms with Crippen LogP contribution in [0.2, 0.25) is 0 Å². The van der Waals surface area contributed by atoms with E-state index in [2.05, 4.69) is 9.85 Å². The molecular weight excluding hydrogens is 144 g/mol. The van der Waals surface area contributed by atoms with Crippen molar-refractivity contribution in [3.63, 3.8) is 0 Å². The zero-order chi connectivity index (χ0) is 13.2. The third-order valence-electron chi connectivity index (χ3n) is 0.820. The molecule has 11 heavy (non-hydrogen) atoms. The second-order valence-corrected chi connectivity index (χ2v) is 1.58. The summed E-state index contributed by atoms with van der Waals surface area (Å²) in [6, 6.07) is 1.05. The van der Waals surface area contributed by atoms with E-state index >= 15 is 0 Å². The number of carboxylic acids is 1. The highest BCUT2D eigenvalue weighted by atomic mass is 16.5. The monoisotopic (exact) mass is 158 g/mol. The Bertz CT molecular complexity index is 447. The summed E-state index contributed by atoms with van der Waals surface area (Å²) >= 11 is 0. The van der Waals surface area contributed by atoms with E-state index in [-0.39, 0.29) is 11.8 Å². The topological polar surface area (TPSA) is 46.5 Å². The van der Waals surface area contributed by atoms with Crippen molar-refractivity contribution in [2.45, 2.75) is 0 Å². The molecule has 0 amide bonds. The van der Waals surface area contributed by atoms with Crippen molar-refractivity contribution >= 4 is 5.97 Å². The fraction of sp³-hybridized carbons (Fsp3) is 0.125. The number of carboxylic acid groups (broad SMARTS) is 1. The van der Waals surface area contributed by atoms with Gasteiger partial charge in [0.1, 0.15) is 5.75 Å². The Morgan fingerprint density at radius 1 is 1.91 bits per heavy atom. The molecule has 0 fully saturated rings. The SMILES string of the molecule is [2H]OC(=O)C([2H])([2H])Oc1ccc([2H])c([2H])c1[2H]. The molecule has 1 aromatic rings. The van der Waals surface area contributed by atoms with Crippen LogP contribution in [0.15, 0.2) is 30.3 Å². The van der Waals surface area contributed by atoms with Crippen LogP contribution in [0.25, 0.3) is 1.43 Å². The van der Waals surface area contributed by atoms with Gasteiger partial charge in [0.15, 0.2) is 6.56 Å². The number of aliphatic carboxylic acids is 1. The molecule has 0 aliphatic carbocycles. The summed E-state index contributed by atoms with van der Waals surface area (Å²) in [5.74, 6) is -1.94. The van der Waals surface area contributed by atoms with Gasteiger partial charge in [0.2, 0.25) is 0 Å². The predicted molar refractivity (Wildman–Crippen MR) is 39.6 cm³/mol. The lowest BCUT2D eigenvalue weighted by Crippen LogP contribution is -2.09. The third kappa shape index (κ3) is 2.71. The molecule has 0 saturated carbocycles. The summed E-state index contributed by atoms with van der Waals surface area (Å²) in [6.45, 7) is -2.92. The lowest BCUT2D eigenvalue weighted by molar-refractivity contribution is -0.139. The Balaban J connectivity index is 3.04. The zero-order valence-electron chi connectivity index (χ0n) is 11.4. The highest BCUT2D eigenvalue weighted by Gasteiger charge is 1.96. The quantitative estimate of drug-likeness (QED) is 0.717. The Labute approximate surface area is 72.7 Å². The Morgan fingerprint density at radius 3 is 3.64 bits per heavy atom. The highest BCUT2D eigenvalue weighted by molar-refractivity contribution is 5.68. The number of hydrogen-bond acceptors (Lipinski definition) is 3. The molecule has 0 heterocycles. The molecule has 0 bridgehead atoms. The number of carbonyl (C=O) groups is 1. The van der Waals surface area contributed by atoms with Gasteiger partial charge in [0.25, 0.3) is 1.43 Å². The van der Waals surface area contributed by atoms with Crippen LogP contribution in [0.5, 0.6) is 5.75 Å². The van der Waals surface area contributed by atoms with Crippen LogP contribution in [-0.2, 0) is 4.79 Å². The van der Waals surface area contributed by atoms with Gasteiger partial charge in [-0.3, -0.25) is 0 Å². The van der Waals surface area contributed by atoms with E-state index in [0.717, 1.165) is 12.1 Å².